The fourth-order valence-electron chi connectivity index (χ4n) is 5.96. The van der Waals surface area contributed by atoms with Crippen LogP contribution in [0.4, 0.5) is 17.1 Å². The van der Waals surface area contributed by atoms with Gasteiger partial charge in [-0.25, -0.2) is 5.01 Å². The molecule has 41 heavy (non-hydrogen) atoms. The molecule has 0 saturated heterocycles. The van der Waals surface area contributed by atoms with E-state index in [1.807, 2.05) is 66.7 Å². The van der Waals surface area contributed by atoms with Crippen LogP contribution >= 0.6 is 12.2 Å². The number of nitrogens with one attached hydrogen (secondary N) is 4. The molecule has 208 valence electrons. The minimum Gasteiger partial charge on any atom is -0.456 e. The summed E-state index contributed by atoms with van der Waals surface area (Å²) in [6.07, 6.45) is 0. The maximum absolute atomic E-state index is 14.3. The molecule has 4 aromatic carbocycles. The van der Waals surface area contributed by atoms with E-state index in [0.717, 1.165) is 58.0 Å². The Labute approximate surface area is 245 Å². The second kappa shape index (κ2) is 10.4. The van der Waals surface area contributed by atoms with Crippen molar-refractivity contribution in [2.75, 3.05) is 29.0 Å². The minimum atomic E-state index is -1.04. The highest BCUT2D eigenvalue weighted by atomic mass is 32.1. The molecule has 2 aliphatic rings. The monoisotopic (exact) mass is 563 g/mol. The van der Waals surface area contributed by atoms with E-state index in [0.29, 0.717) is 22.2 Å². The smallest absolute Gasteiger partial charge is 0.274 e. The number of thiocarbonyl (C=S) groups is 1. The molecule has 0 unspecified atom stereocenters. The SMILES string of the molecule is CCNc1cc2c(cc1C)C1(c3cc(C)c(NCC)cc3O2)c2ccccc2C(=O)N1NC(=S)Nc1ccccc1. The lowest BCUT2D eigenvalue weighted by Crippen LogP contribution is -2.56. The number of hydrogen-bond donors (Lipinski definition) is 4. The fourth-order valence-corrected chi connectivity index (χ4v) is 6.17. The normalized spacial score (nSPS) is 14.0. The fraction of sp³-hybridized carbons (Fsp3) is 0.212. The first-order valence-corrected chi connectivity index (χ1v) is 14.3. The molecule has 0 radical (unpaired) electrons. The number of nitrogens with zero attached hydrogens (tertiary/aromatic N) is 1. The number of para-hydroxylation sites is 1. The van der Waals surface area contributed by atoms with Gasteiger partial charge in [-0.05, 0) is 81.4 Å². The zero-order chi connectivity index (χ0) is 28.7. The minimum absolute atomic E-state index is 0.168. The molecule has 0 fully saturated rings. The van der Waals surface area contributed by atoms with Gasteiger partial charge in [0.05, 0.1) is 0 Å². The topological polar surface area (TPSA) is 77.7 Å². The number of hydrogen-bond acceptors (Lipinski definition) is 5. The average molecular weight is 564 g/mol. The van der Waals surface area contributed by atoms with Gasteiger partial charge in [-0.2, -0.15) is 0 Å². The van der Waals surface area contributed by atoms with Gasteiger partial charge in [0, 0.05) is 64.5 Å². The van der Waals surface area contributed by atoms with Crippen LogP contribution in [0.1, 0.15) is 52.0 Å². The first kappa shape index (κ1) is 26.7. The van der Waals surface area contributed by atoms with Gasteiger partial charge < -0.3 is 20.7 Å². The molecule has 2 heterocycles. The Morgan fingerprint density at radius 1 is 0.805 bits per heavy atom. The lowest BCUT2D eigenvalue weighted by atomic mass is 9.74. The van der Waals surface area contributed by atoms with Crippen molar-refractivity contribution < 1.29 is 9.53 Å². The summed E-state index contributed by atoms with van der Waals surface area (Å²) in [5.41, 5.74) is 10.4. The average Bonchev–Trinajstić information content (AvgIpc) is 3.20. The van der Waals surface area contributed by atoms with Gasteiger partial charge in [0.25, 0.3) is 5.91 Å². The molecule has 0 aromatic heterocycles. The molecule has 0 saturated carbocycles. The second-order valence-corrected chi connectivity index (χ2v) is 10.7. The van der Waals surface area contributed by atoms with Gasteiger partial charge in [0.15, 0.2) is 5.11 Å². The Morgan fingerprint density at radius 3 is 1.95 bits per heavy atom. The van der Waals surface area contributed by atoms with Crippen molar-refractivity contribution in [2.45, 2.75) is 33.2 Å². The van der Waals surface area contributed by atoms with Crippen LogP contribution in [0.25, 0.3) is 0 Å². The van der Waals surface area contributed by atoms with E-state index in [4.69, 9.17) is 17.0 Å². The number of aryl methyl sites for hydroxylation is 2. The van der Waals surface area contributed by atoms with Gasteiger partial charge >= 0.3 is 0 Å². The molecule has 0 atom stereocenters. The van der Waals surface area contributed by atoms with Crippen molar-refractivity contribution in [1.82, 2.24) is 10.4 Å². The highest BCUT2D eigenvalue weighted by molar-refractivity contribution is 7.80. The highest BCUT2D eigenvalue weighted by Crippen LogP contribution is 2.58. The predicted octanol–water partition coefficient (Wildman–Crippen LogP) is 6.92. The zero-order valence-electron chi connectivity index (χ0n) is 23.6. The van der Waals surface area contributed by atoms with E-state index in [1.54, 1.807) is 5.01 Å². The van der Waals surface area contributed by atoms with Crippen LogP contribution in [-0.2, 0) is 5.54 Å². The van der Waals surface area contributed by atoms with E-state index >= 15 is 0 Å². The quantitative estimate of drug-likeness (QED) is 0.190. The van der Waals surface area contributed by atoms with Crippen molar-refractivity contribution >= 4 is 40.3 Å². The number of ether oxygens (including phenoxy) is 1. The van der Waals surface area contributed by atoms with Crippen molar-refractivity contribution in [1.29, 1.82) is 0 Å². The van der Waals surface area contributed by atoms with E-state index in [9.17, 15) is 4.79 Å². The summed E-state index contributed by atoms with van der Waals surface area (Å²) >= 11 is 5.78. The number of amides is 1. The summed E-state index contributed by atoms with van der Waals surface area (Å²) in [4.78, 5) is 14.3. The molecule has 4 N–H and O–H groups in total. The summed E-state index contributed by atoms with van der Waals surface area (Å²) in [5, 5.41) is 12.1. The zero-order valence-corrected chi connectivity index (χ0v) is 24.4. The first-order chi connectivity index (χ1) is 19.9. The van der Waals surface area contributed by atoms with Gasteiger partial charge in [0.1, 0.15) is 17.0 Å². The molecule has 0 bridgehead atoms. The van der Waals surface area contributed by atoms with E-state index in [2.05, 4.69) is 61.2 Å². The Balaban J connectivity index is 1.61. The number of carbonyl (C=O) groups excluding carboxylic acids is 1. The number of carbonyl (C=O) groups is 1. The third kappa shape index (κ3) is 4.26. The summed E-state index contributed by atoms with van der Waals surface area (Å²) in [6.45, 7) is 9.84. The van der Waals surface area contributed by atoms with E-state index in [1.165, 1.54) is 0 Å². The largest absolute Gasteiger partial charge is 0.456 e. The number of anilines is 3. The van der Waals surface area contributed by atoms with Crippen molar-refractivity contribution in [3.05, 3.63) is 112 Å². The molecule has 4 aromatic rings. The number of hydrazine groups is 1. The van der Waals surface area contributed by atoms with Gasteiger partial charge in [0.2, 0.25) is 0 Å². The number of rotatable bonds is 6. The van der Waals surface area contributed by atoms with E-state index < -0.39 is 5.54 Å². The third-order valence-electron chi connectivity index (χ3n) is 7.72. The maximum Gasteiger partial charge on any atom is 0.274 e. The van der Waals surface area contributed by atoms with Crippen molar-refractivity contribution in [2.24, 2.45) is 0 Å². The van der Waals surface area contributed by atoms with Crippen LogP contribution in [-0.4, -0.2) is 29.1 Å². The van der Waals surface area contributed by atoms with Crippen LogP contribution in [0.5, 0.6) is 11.5 Å². The van der Waals surface area contributed by atoms with Crippen LogP contribution in [0.15, 0.2) is 78.9 Å². The van der Waals surface area contributed by atoms with Gasteiger partial charge in [-0.1, -0.05) is 36.4 Å². The van der Waals surface area contributed by atoms with Crippen LogP contribution in [0.2, 0.25) is 0 Å². The molecule has 0 aliphatic carbocycles. The predicted molar refractivity (Wildman–Crippen MR) is 169 cm³/mol. The maximum atomic E-state index is 14.3. The Morgan fingerprint density at radius 2 is 1.37 bits per heavy atom. The Hall–Kier alpha value is -4.56. The van der Waals surface area contributed by atoms with Crippen LogP contribution in [0.3, 0.4) is 0 Å². The lowest BCUT2D eigenvalue weighted by Gasteiger charge is -2.44. The molecule has 1 amide bonds. The van der Waals surface area contributed by atoms with E-state index in [-0.39, 0.29) is 5.91 Å². The Kier molecular flexibility index (Phi) is 6.79. The molecule has 6 rings (SSSR count). The standard InChI is InChI=1S/C33H33N5O2S/c1-5-34-27-18-29-25(16-20(27)3)33(26-17-21(4)28(35-6-2)19-30(26)40-29)24-15-11-10-14-23(24)31(39)38(33)37-32(41)36-22-12-8-7-9-13-22/h7-19,34-35H,5-6H2,1-4H3,(H2,36,37,41). The highest BCUT2D eigenvalue weighted by Gasteiger charge is 2.57. The first-order valence-electron chi connectivity index (χ1n) is 13.9. The second-order valence-electron chi connectivity index (χ2n) is 10.3. The molecular weight excluding hydrogens is 530 g/mol. The third-order valence-corrected chi connectivity index (χ3v) is 7.91. The molecule has 7 nitrogen and oxygen atoms in total. The molecule has 2 aliphatic heterocycles. The molecule has 8 heteroatoms. The summed E-state index contributed by atoms with van der Waals surface area (Å²) < 4.78 is 6.65. The van der Waals surface area contributed by atoms with Gasteiger partial charge in [-0.15, -0.1) is 0 Å². The summed E-state index contributed by atoms with van der Waals surface area (Å²) in [5.74, 6) is 1.20. The number of benzene rings is 4. The van der Waals surface area contributed by atoms with Crippen molar-refractivity contribution in [3.63, 3.8) is 0 Å². The lowest BCUT2D eigenvalue weighted by molar-refractivity contribution is 0.0595. The summed E-state index contributed by atoms with van der Waals surface area (Å²) in [7, 11) is 0. The van der Waals surface area contributed by atoms with Crippen LogP contribution < -0.4 is 26.1 Å². The number of fused-ring (bicyclic) bond motifs is 6. The van der Waals surface area contributed by atoms with Crippen molar-refractivity contribution in [3.8, 4) is 11.5 Å². The molecular formula is C33H33N5O2S. The van der Waals surface area contributed by atoms with Gasteiger partial charge in [-0.3, -0.25) is 10.2 Å². The Bertz CT molecular complexity index is 1610. The summed E-state index contributed by atoms with van der Waals surface area (Å²) in [6, 6.07) is 25.8. The van der Waals surface area contributed by atoms with Crippen LogP contribution in [0, 0.1) is 13.8 Å². The molecule has 1 spiro atoms.